The van der Waals surface area contributed by atoms with Crippen LogP contribution in [0.5, 0.6) is 0 Å². The van der Waals surface area contributed by atoms with E-state index in [0.29, 0.717) is 12.8 Å². The average Bonchev–Trinajstić information content (AvgIpc) is 2.23. The van der Waals surface area contributed by atoms with Crippen LogP contribution < -0.4 is 0 Å². The van der Waals surface area contributed by atoms with Gasteiger partial charge in [-0.2, -0.15) is 0 Å². The lowest BCUT2D eigenvalue weighted by Gasteiger charge is -1.93. The maximum absolute atomic E-state index is 11.2. The van der Waals surface area contributed by atoms with Gasteiger partial charge in [0.05, 0.1) is 22.9 Å². The van der Waals surface area contributed by atoms with Crippen LogP contribution in [0.4, 0.5) is 0 Å². The number of sulfonamides is 2. The molecule has 6 nitrogen and oxygen atoms in total. The Kier molecular flexibility index (Phi) is 7.80. The third-order valence-electron chi connectivity index (χ3n) is 1.81. The molecule has 0 saturated carbocycles. The third-order valence-corrected chi connectivity index (χ3v) is 5.76. The SMILES string of the molecule is CCCCS(=O)(=O)N=S=NS(=O)(=O)CCCC. The van der Waals surface area contributed by atoms with Crippen molar-refractivity contribution < 1.29 is 16.8 Å². The van der Waals surface area contributed by atoms with Crippen LogP contribution >= 0.6 is 0 Å². The fourth-order valence-electron chi connectivity index (χ4n) is 0.843. The van der Waals surface area contributed by atoms with E-state index in [4.69, 9.17) is 0 Å². The van der Waals surface area contributed by atoms with Gasteiger partial charge in [0.25, 0.3) is 20.0 Å². The molecular formula is C8H18N2O4S3. The van der Waals surface area contributed by atoms with Crippen molar-refractivity contribution in [3.8, 4) is 0 Å². The smallest absolute Gasteiger partial charge is 0.204 e. The zero-order chi connectivity index (χ0) is 13.4. The van der Waals surface area contributed by atoms with E-state index in [1.54, 1.807) is 0 Å². The van der Waals surface area contributed by atoms with E-state index in [2.05, 4.69) is 7.54 Å². The highest BCUT2D eigenvalue weighted by Crippen LogP contribution is 2.00. The van der Waals surface area contributed by atoms with Gasteiger partial charge in [-0.05, 0) is 12.8 Å². The van der Waals surface area contributed by atoms with Crippen LogP contribution in [-0.2, 0) is 31.4 Å². The van der Waals surface area contributed by atoms with Gasteiger partial charge in [-0.15, -0.1) is 0 Å². The second kappa shape index (κ2) is 7.93. The van der Waals surface area contributed by atoms with Crippen LogP contribution in [-0.4, -0.2) is 28.3 Å². The molecule has 0 bridgehead atoms. The van der Waals surface area contributed by atoms with Gasteiger partial charge in [0, 0.05) is 0 Å². The van der Waals surface area contributed by atoms with Crippen LogP contribution in [0.15, 0.2) is 7.54 Å². The van der Waals surface area contributed by atoms with Crippen LogP contribution in [0.2, 0.25) is 0 Å². The molecule has 0 aliphatic carbocycles. The first-order valence-electron chi connectivity index (χ1n) is 5.39. The van der Waals surface area contributed by atoms with Crippen molar-refractivity contribution >= 4 is 31.4 Å². The van der Waals surface area contributed by atoms with Crippen molar-refractivity contribution in [3.05, 3.63) is 0 Å². The molecule has 0 spiro atoms. The molecule has 0 saturated heterocycles. The van der Waals surface area contributed by atoms with E-state index < -0.39 is 20.0 Å². The lowest BCUT2D eigenvalue weighted by Crippen LogP contribution is -2.02. The number of unbranched alkanes of at least 4 members (excludes halogenated alkanes) is 2. The second-order valence-electron chi connectivity index (χ2n) is 3.51. The van der Waals surface area contributed by atoms with E-state index in [0.717, 1.165) is 12.8 Å². The molecule has 17 heavy (non-hydrogen) atoms. The van der Waals surface area contributed by atoms with Crippen molar-refractivity contribution in [1.82, 2.24) is 0 Å². The van der Waals surface area contributed by atoms with Gasteiger partial charge >= 0.3 is 0 Å². The summed E-state index contributed by atoms with van der Waals surface area (Å²) in [6.07, 6.45) is 2.50. The minimum absolute atomic E-state index is 0.0684. The molecule has 0 amide bonds. The quantitative estimate of drug-likeness (QED) is 0.682. The molecule has 0 N–H and O–H groups in total. The summed E-state index contributed by atoms with van der Waals surface area (Å²) < 4.78 is 51.4. The van der Waals surface area contributed by atoms with E-state index in [1.165, 1.54) is 0 Å². The Bertz CT molecular complexity index is 433. The zero-order valence-electron chi connectivity index (χ0n) is 9.99. The van der Waals surface area contributed by atoms with E-state index >= 15 is 0 Å². The number of hydrogen-bond acceptors (Lipinski definition) is 4. The summed E-state index contributed by atoms with van der Waals surface area (Å²) in [4.78, 5) is 0. The van der Waals surface area contributed by atoms with Crippen LogP contribution in [0.3, 0.4) is 0 Å². The molecule has 0 fully saturated rings. The first-order valence-corrected chi connectivity index (χ1v) is 9.34. The fourth-order valence-corrected chi connectivity index (χ4v) is 3.91. The van der Waals surface area contributed by atoms with Crippen molar-refractivity contribution in [1.29, 1.82) is 0 Å². The van der Waals surface area contributed by atoms with Gasteiger partial charge in [0.1, 0.15) is 0 Å². The average molecular weight is 302 g/mol. The Hall–Kier alpha value is -0.280. The molecule has 0 heterocycles. The summed E-state index contributed by atoms with van der Waals surface area (Å²) in [5.41, 5.74) is 0. The summed E-state index contributed by atoms with van der Waals surface area (Å²) in [5.74, 6) is -0.137. The highest BCUT2D eigenvalue weighted by atomic mass is 32.3. The van der Waals surface area contributed by atoms with Gasteiger partial charge in [0.2, 0.25) is 0 Å². The molecule has 0 atom stereocenters. The fraction of sp³-hybridized carbons (Fsp3) is 1.00. The predicted molar refractivity (Wildman–Crippen MR) is 69.6 cm³/mol. The summed E-state index contributed by atoms with van der Waals surface area (Å²) in [7, 11) is -7.11. The zero-order valence-corrected chi connectivity index (χ0v) is 12.4. The Morgan fingerprint density at radius 3 is 1.47 bits per heavy atom. The highest BCUT2D eigenvalue weighted by Gasteiger charge is 2.08. The first kappa shape index (κ1) is 16.7. The summed E-state index contributed by atoms with van der Waals surface area (Å²) in [6.45, 7) is 3.73. The minimum atomic E-state index is -3.56. The molecule has 0 aromatic rings. The lowest BCUT2D eigenvalue weighted by molar-refractivity contribution is 0.594. The highest BCUT2D eigenvalue weighted by molar-refractivity contribution is 7.97. The van der Waals surface area contributed by atoms with Crippen molar-refractivity contribution in [2.24, 2.45) is 7.54 Å². The van der Waals surface area contributed by atoms with Gasteiger partial charge in [0.15, 0.2) is 0 Å². The normalized spacial score (nSPS) is 12.1. The van der Waals surface area contributed by atoms with Crippen molar-refractivity contribution in [2.45, 2.75) is 39.5 Å². The van der Waals surface area contributed by atoms with Gasteiger partial charge in [-0.25, -0.2) is 16.8 Å². The van der Waals surface area contributed by atoms with Gasteiger partial charge in [-0.1, -0.05) is 34.2 Å². The first-order chi connectivity index (χ1) is 7.83. The Morgan fingerprint density at radius 1 is 0.824 bits per heavy atom. The second-order valence-corrected chi connectivity index (χ2v) is 8.01. The molecule has 9 heteroatoms. The Labute approximate surface area is 107 Å². The Morgan fingerprint density at radius 2 is 1.18 bits per heavy atom. The van der Waals surface area contributed by atoms with Gasteiger partial charge < -0.3 is 0 Å². The van der Waals surface area contributed by atoms with Crippen LogP contribution in [0.25, 0.3) is 0 Å². The summed E-state index contributed by atoms with van der Waals surface area (Å²) >= 11 is 0.242. The molecule has 0 aliphatic rings. The topological polar surface area (TPSA) is 93.0 Å². The van der Waals surface area contributed by atoms with E-state index in [1.807, 2.05) is 13.8 Å². The van der Waals surface area contributed by atoms with Gasteiger partial charge in [-0.3, -0.25) is 0 Å². The number of hydrogen-bond donors (Lipinski definition) is 0. The molecular weight excluding hydrogens is 284 g/mol. The molecule has 0 unspecified atom stereocenters. The van der Waals surface area contributed by atoms with E-state index in [9.17, 15) is 16.8 Å². The molecule has 0 radical (unpaired) electrons. The predicted octanol–water partition coefficient (Wildman–Crippen LogP) is 1.70. The van der Waals surface area contributed by atoms with Crippen molar-refractivity contribution in [2.75, 3.05) is 11.5 Å². The molecule has 0 rings (SSSR count). The molecule has 102 valence electrons. The van der Waals surface area contributed by atoms with Crippen LogP contribution in [0, 0.1) is 0 Å². The molecule has 0 aromatic heterocycles. The maximum atomic E-state index is 11.2. The largest absolute Gasteiger partial charge is 0.264 e. The number of nitrogens with zero attached hydrogens (tertiary/aromatic N) is 2. The monoisotopic (exact) mass is 302 g/mol. The maximum Gasteiger partial charge on any atom is 0.264 e. The molecule has 0 aromatic carbocycles. The molecule has 0 aliphatic heterocycles. The standard InChI is InChI=1S/C8H18N2O4S3/c1-3-5-7-16(11,12)9-15-10-17(13,14)8-6-4-2/h3-8H2,1-2H3. The Balaban J connectivity index is 4.61. The lowest BCUT2D eigenvalue weighted by atomic mass is 10.4. The van der Waals surface area contributed by atoms with Crippen LogP contribution in [0.1, 0.15) is 39.5 Å². The summed E-state index contributed by atoms with van der Waals surface area (Å²) in [5, 5.41) is 0. The number of rotatable bonds is 8. The summed E-state index contributed by atoms with van der Waals surface area (Å²) in [6, 6.07) is 0. The van der Waals surface area contributed by atoms with Crippen molar-refractivity contribution in [3.63, 3.8) is 0 Å². The minimum Gasteiger partial charge on any atom is -0.204 e. The third kappa shape index (κ3) is 9.42. The van der Waals surface area contributed by atoms with E-state index in [-0.39, 0.29) is 22.9 Å².